The van der Waals surface area contributed by atoms with Crippen molar-refractivity contribution in [3.05, 3.63) is 35.9 Å². The highest BCUT2D eigenvalue weighted by Crippen LogP contribution is 2.50. The molecule has 3 heterocycles. The standard InChI is InChI=1S/C22H28N2O4/c1-5-14-12-24-10-9-22(18(24)11-15(14)13(2)21(26)28-4)20(25)19-16(23-22)7-6-8-17(19)27-3/h6-8,14-15,18,23H,2,5,9-12H2,1,3-4H3/t14-,15-,18+,22+/m1/s1. The van der Waals surface area contributed by atoms with Crippen LogP contribution in [0, 0.1) is 11.8 Å². The van der Waals surface area contributed by atoms with Crippen LogP contribution in [0.15, 0.2) is 30.4 Å². The molecule has 28 heavy (non-hydrogen) atoms. The lowest BCUT2D eigenvalue weighted by Crippen LogP contribution is -2.57. The van der Waals surface area contributed by atoms with Gasteiger partial charge < -0.3 is 14.8 Å². The summed E-state index contributed by atoms with van der Waals surface area (Å²) in [6, 6.07) is 5.70. The number of hydrogen-bond donors (Lipinski definition) is 1. The van der Waals surface area contributed by atoms with E-state index < -0.39 is 5.54 Å². The van der Waals surface area contributed by atoms with E-state index in [0.717, 1.165) is 38.0 Å². The van der Waals surface area contributed by atoms with Crippen molar-refractivity contribution in [1.29, 1.82) is 0 Å². The molecule has 3 aliphatic rings. The summed E-state index contributed by atoms with van der Waals surface area (Å²) >= 11 is 0. The summed E-state index contributed by atoms with van der Waals surface area (Å²) in [6.07, 6.45) is 2.44. The number of methoxy groups -OCH3 is 2. The first-order chi connectivity index (χ1) is 13.5. The van der Waals surface area contributed by atoms with Crippen LogP contribution < -0.4 is 10.1 Å². The minimum atomic E-state index is -0.662. The summed E-state index contributed by atoms with van der Waals surface area (Å²) in [5.74, 6) is 0.729. The normalized spacial score (nSPS) is 31.2. The van der Waals surface area contributed by atoms with Gasteiger partial charge in [-0.2, -0.15) is 0 Å². The molecule has 1 aromatic rings. The van der Waals surface area contributed by atoms with Gasteiger partial charge in [0.05, 0.1) is 19.8 Å². The number of Topliss-reactive ketones (excluding diaryl/α,β-unsaturated/α-hetero) is 1. The first-order valence-corrected chi connectivity index (χ1v) is 9.98. The molecule has 1 aromatic carbocycles. The molecule has 0 aromatic heterocycles. The summed E-state index contributed by atoms with van der Waals surface area (Å²) in [5, 5.41) is 3.55. The second-order valence-electron chi connectivity index (χ2n) is 8.10. The Labute approximate surface area is 165 Å². The molecule has 0 saturated carbocycles. The van der Waals surface area contributed by atoms with Crippen molar-refractivity contribution in [3.63, 3.8) is 0 Å². The van der Waals surface area contributed by atoms with Gasteiger partial charge in [-0.1, -0.05) is 26.0 Å². The maximum atomic E-state index is 13.6. The predicted octanol–water partition coefficient (Wildman–Crippen LogP) is 2.89. The van der Waals surface area contributed by atoms with E-state index in [1.54, 1.807) is 7.11 Å². The van der Waals surface area contributed by atoms with Crippen LogP contribution in [0.5, 0.6) is 5.75 Å². The van der Waals surface area contributed by atoms with Gasteiger partial charge in [0.15, 0.2) is 5.78 Å². The molecule has 0 radical (unpaired) electrons. The van der Waals surface area contributed by atoms with Crippen LogP contribution >= 0.6 is 0 Å². The van der Waals surface area contributed by atoms with E-state index in [4.69, 9.17) is 9.47 Å². The number of hydrogen-bond acceptors (Lipinski definition) is 6. The SMILES string of the molecule is C=C(C(=O)OC)[C@H]1C[C@@H]2N(CC[C@]23Nc2cccc(OC)c2C3=O)C[C@H]1CC. The highest BCUT2D eigenvalue weighted by Gasteiger charge is 2.59. The fourth-order valence-corrected chi connectivity index (χ4v) is 5.48. The number of anilines is 1. The van der Waals surface area contributed by atoms with Crippen LogP contribution in [0.3, 0.4) is 0 Å². The zero-order valence-corrected chi connectivity index (χ0v) is 16.8. The Kier molecular flexibility index (Phi) is 4.70. The van der Waals surface area contributed by atoms with Gasteiger partial charge in [0.1, 0.15) is 11.3 Å². The van der Waals surface area contributed by atoms with Crippen LogP contribution in [0.1, 0.15) is 36.5 Å². The molecule has 150 valence electrons. The Bertz CT molecular complexity index is 836. The minimum Gasteiger partial charge on any atom is -0.496 e. The number of nitrogens with one attached hydrogen (secondary N) is 1. The lowest BCUT2D eigenvalue weighted by molar-refractivity contribution is -0.137. The summed E-state index contributed by atoms with van der Waals surface area (Å²) in [7, 11) is 2.99. The Balaban J connectivity index is 1.68. The summed E-state index contributed by atoms with van der Waals surface area (Å²) in [5.41, 5.74) is 1.35. The second-order valence-corrected chi connectivity index (χ2v) is 8.10. The van der Waals surface area contributed by atoms with E-state index in [-0.39, 0.29) is 23.7 Å². The van der Waals surface area contributed by atoms with Crippen LogP contribution in [0.4, 0.5) is 5.69 Å². The first-order valence-electron chi connectivity index (χ1n) is 9.98. The topological polar surface area (TPSA) is 67.9 Å². The maximum absolute atomic E-state index is 13.6. The molecule has 2 fully saturated rings. The van der Waals surface area contributed by atoms with Gasteiger partial charge in [0.2, 0.25) is 0 Å². The third kappa shape index (κ3) is 2.58. The van der Waals surface area contributed by atoms with Crippen molar-refractivity contribution in [1.82, 2.24) is 4.90 Å². The fourth-order valence-electron chi connectivity index (χ4n) is 5.48. The molecular weight excluding hydrogens is 356 g/mol. The average Bonchev–Trinajstić information content (AvgIpc) is 3.23. The highest BCUT2D eigenvalue weighted by molar-refractivity contribution is 6.16. The van der Waals surface area contributed by atoms with Gasteiger partial charge >= 0.3 is 5.97 Å². The quantitative estimate of drug-likeness (QED) is 0.636. The molecule has 4 atom stereocenters. The van der Waals surface area contributed by atoms with E-state index in [9.17, 15) is 9.59 Å². The number of ether oxygens (including phenoxy) is 2. The minimum absolute atomic E-state index is 0.0197. The fraction of sp³-hybridized carbons (Fsp3) is 0.545. The molecule has 4 rings (SSSR count). The maximum Gasteiger partial charge on any atom is 0.333 e. The Hall–Kier alpha value is -2.34. The molecule has 3 aliphatic heterocycles. The van der Waals surface area contributed by atoms with Crippen LogP contribution in [-0.4, -0.2) is 55.5 Å². The number of rotatable bonds is 4. The summed E-state index contributed by atoms with van der Waals surface area (Å²) in [4.78, 5) is 28.2. The summed E-state index contributed by atoms with van der Waals surface area (Å²) < 4.78 is 10.4. The van der Waals surface area contributed by atoms with Gasteiger partial charge in [0.25, 0.3) is 0 Å². The molecule has 0 aliphatic carbocycles. The molecule has 6 nitrogen and oxygen atoms in total. The van der Waals surface area contributed by atoms with E-state index >= 15 is 0 Å². The molecule has 0 bridgehead atoms. The zero-order valence-electron chi connectivity index (χ0n) is 16.8. The predicted molar refractivity (Wildman–Crippen MR) is 107 cm³/mol. The van der Waals surface area contributed by atoms with E-state index in [1.807, 2.05) is 18.2 Å². The number of carbonyl (C=O) groups excluding carboxylic acids is 2. The smallest absolute Gasteiger partial charge is 0.333 e. The second kappa shape index (κ2) is 6.92. The third-order valence-corrected chi connectivity index (χ3v) is 6.97. The monoisotopic (exact) mass is 384 g/mol. The van der Waals surface area contributed by atoms with Crippen molar-refractivity contribution >= 4 is 17.4 Å². The molecule has 0 unspecified atom stereocenters. The number of carbonyl (C=O) groups is 2. The molecule has 0 amide bonds. The molecular formula is C22H28N2O4. The molecule has 1 N–H and O–H groups in total. The van der Waals surface area contributed by atoms with Gasteiger partial charge in [-0.05, 0) is 36.8 Å². The molecule has 1 spiro atoms. The largest absolute Gasteiger partial charge is 0.496 e. The Morgan fingerprint density at radius 1 is 1.39 bits per heavy atom. The molecule has 2 saturated heterocycles. The number of nitrogens with zero attached hydrogens (tertiary/aromatic N) is 1. The first kappa shape index (κ1) is 19.0. The number of fused-ring (bicyclic) bond motifs is 3. The van der Waals surface area contributed by atoms with Gasteiger partial charge in [-0.15, -0.1) is 0 Å². The lowest BCUT2D eigenvalue weighted by Gasteiger charge is -2.45. The van der Waals surface area contributed by atoms with Crippen LogP contribution in [0.2, 0.25) is 0 Å². The van der Waals surface area contributed by atoms with Crippen molar-refractivity contribution in [3.8, 4) is 5.75 Å². The number of benzene rings is 1. The van der Waals surface area contributed by atoms with Gasteiger partial charge in [-0.3, -0.25) is 9.69 Å². The van der Waals surface area contributed by atoms with Crippen LogP contribution in [-0.2, 0) is 9.53 Å². The number of piperidine rings is 1. The Morgan fingerprint density at radius 2 is 2.18 bits per heavy atom. The Morgan fingerprint density at radius 3 is 2.86 bits per heavy atom. The van der Waals surface area contributed by atoms with Crippen molar-refractivity contribution < 1.29 is 19.1 Å². The van der Waals surface area contributed by atoms with Crippen molar-refractivity contribution in [2.45, 2.75) is 37.8 Å². The third-order valence-electron chi connectivity index (χ3n) is 6.97. The lowest BCUT2D eigenvalue weighted by atomic mass is 9.72. The average molecular weight is 384 g/mol. The zero-order chi connectivity index (χ0) is 20.1. The number of ketones is 1. The van der Waals surface area contributed by atoms with E-state index in [2.05, 4.69) is 23.7 Å². The van der Waals surface area contributed by atoms with Crippen molar-refractivity contribution in [2.75, 3.05) is 32.6 Å². The number of esters is 1. The van der Waals surface area contributed by atoms with E-state index in [0.29, 0.717) is 22.8 Å². The van der Waals surface area contributed by atoms with Crippen LogP contribution in [0.25, 0.3) is 0 Å². The summed E-state index contributed by atoms with van der Waals surface area (Å²) in [6.45, 7) is 7.93. The highest BCUT2D eigenvalue weighted by atomic mass is 16.5. The van der Waals surface area contributed by atoms with E-state index in [1.165, 1.54) is 7.11 Å². The van der Waals surface area contributed by atoms with Gasteiger partial charge in [-0.25, -0.2) is 4.79 Å². The van der Waals surface area contributed by atoms with Gasteiger partial charge in [0, 0.05) is 30.4 Å². The van der Waals surface area contributed by atoms with Crippen molar-refractivity contribution in [2.24, 2.45) is 11.8 Å². The molecule has 6 heteroatoms.